The number of carbonyl (C=O) groups is 4. The molecular weight excluding hydrogens is 412 g/mol. The number of esters is 2. The summed E-state index contributed by atoms with van der Waals surface area (Å²) in [4.78, 5) is 54.6. The fraction of sp³-hybridized carbons (Fsp3) is 0.333. The fourth-order valence-electron chi connectivity index (χ4n) is 4.67. The normalized spacial score (nSPS) is 18.8. The molecule has 0 aromatic heterocycles. The number of benzene rings is 2. The lowest BCUT2D eigenvalue weighted by Gasteiger charge is -2.35. The molecule has 0 spiro atoms. The van der Waals surface area contributed by atoms with Gasteiger partial charge in [0.2, 0.25) is 0 Å². The van der Waals surface area contributed by atoms with Gasteiger partial charge >= 0.3 is 11.9 Å². The molecule has 8 heteroatoms. The lowest BCUT2D eigenvalue weighted by Crippen LogP contribution is -2.53. The van der Waals surface area contributed by atoms with Crippen molar-refractivity contribution in [2.75, 3.05) is 19.1 Å². The number of hydrogen-bond donors (Lipinski definition) is 0. The number of anilines is 1. The zero-order valence-electron chi connectivity index (χ0n) is 18.1. The maximum absolute atomic E-state index is 13.0. The van der Waals surface area contributed by atoms with Gasteiger partial charge in [-0.3, -0.25) is 14.5 Å². The Bertz CT molecular complexity index is 1060. The van der Waals surface area contributed by atoms with E-state index in [-0.39, 0.29) is 23.6 Å². The number of hydrogen-bond acceptors (Lipinski definition) is 7. The Morgan fingerprint density at radius 1 is 0.906 bits per heavy atom. The largest absolute Gasteiger partial charge is 0.467 e. The molecule has 0 unspecified atom stereocenters. The minimum atomic E-state index is -1.28. The van der Waals surface area contributed by atoms with E-state index in [1.165, 1.54) is 14.2 Å². The second-order valence-corrected chi connectivity index (χ2v) is 7.93. The van der Waals surface area contributed by atoms with Crippen LogP contribution in [0.4, 0.5) is 5.69 Å². The van der Waals surface area contributed by atoms with Crippen molar-refractivity contribution in [1.82, 2.24) is 4.90 Å². The van der Waals surface area contributed by atoms with E-state index < -0.39 is 35.8 Å². The van der Waals surface area contributed by atoms with Crippen LogP contribution < -0.4 is 4.90 Å². The van der Waals surface area contributed by atoms with Crippen LogP contribution in [0.1, 0.15) is 39.6 Å². The first-order valence-electron chi connectivity index (χ1n) is 10.4. The summed E-state index contributed by atoms with van der Waals surface area (Å²) in [5, 5.41) is 0. The summed E-state index contributed by atoms with van der Waals surface area (Å²) in [6, 6.07) is 11.9. The third-order valence-electron chi connectivity index (χ3n) is 6.13. The smallest absolute Gasteiger partial charge is 0.329 e. The Labute approximate surface area is 185 Å². The monoisotopic (exact) mass is 436 g/mol. The molecule has 0 fully saturated rings. The lowest BCUT2D eigenvalue weighted by atomic mass is 10.0. The second-order valence-electron chi connectivity index (χ2n) is 7.93. The highest BCUT2D eigenvalue weighted by molar-refractivity contribution is 6.22. The third kappa shape index (κ3) is 3.41. The zero-order valence-corrected chi connectivity index (χ0v) is 18.1. The van der Waals surface area contributed by atoms with Crippen molar-refractivity contribution in [3.63, 3.8) is 0 Å². The van der Waals surface area contributed by atoms with Gasteiger partial charge in [0.1, 0.15) is 12.1 Å². The van der Waals surface area contributed by atoms with Gasteiger partial charge in [0.05, 0.1) is 25.3 Å². The van der Waals surface area contributed by atoms with Gasteiger partial charge in [0, 0.05) is 18.2 Å². The van der Waals surface area contributed by atoms with Crippen molar-refractivity contribution in [3.05, 3.63) is 65.2 Å². The van der Waals surface area contributed by atoms with E-state index in [1.807, 2.05) is 36.1 Å². The Balaban J connectivity index is 1.73. The van der Waals surface area contributed by atoms with Crippen LogP contribution in [-0.2, 0) is 25.5 Å². The van der Waals surface area contributed by atoms with Crippen LogP contribution in [0.25, 0.3) is 0 Å². The third-order valence-corrected chi connectivity index (χ3v) is 6.13. The van der Waals surface area contributed by atoms with Crippen molar-refractivity contribution in [3.8, 4) is 0 Å². The highest BCUT2D eigenvalue weighted by Crippen LogP contribution is 2.36. The minimum Gasteiger partial charge on any atom is -0.467 e. The SMILES string of the molecule is COC(=O)[C@@H](C[C@@H](C(=O)OC)N1C(=O)c2ccccc2C1=O)N1c2ccccc2C[C@@H]1C. The van der Waals surface area contributed by atoms with Crippen molar-refractivity contribution in [2.24, 2.45) is 0 Å². The number of amides is 2. The predicted octanol–water partition coefficient (Wildman–Crippen LogP) is 2.21. The molecule has 0 radical (unpaired) electrons. The average Bonchev–Trinajstić information content (AvgIpc) is 3.27. The number of carbonyl (C=O) groups excluding carboxylic acids is 4. The Morgan fingerprint density at radius 2 is 1.44 bits per heavy atom. The van der Waals surface area contributed by atoms with E-state index in [4.69, 9.17) is 9.47 Å². The van der Waals surface area contributed by atoms with Crippen molar-refractivity contribution >= 4 is 29.4 Å². The quantitative estimate of drug-likeness (QED) is 0.506. The van der Waals surface area contributed by atoms with Gasteiger partial charge in [0.15, 0.2) is 0 Å². The van der Waals surface area contributed by atoms with Crippen LogP contribution in [0.2, 0.25) is 0 Å². The van der Waals surface area contributed by atoms with Gasteiger partial charge in [-0.25, -0.2) is 9.59 Å². The molecule has 8 nitrogen and oxygen atoms in total. The van der Waals surface area contributed by atoms with Crippen molar-refractivity contribution < 1.29 is 28.7 Å². The van der Waals surface area contributed by atoms with Crippen molar-refractivity contribution in [1.29, 1.82) is 0 Å². The summed E-state index contributed by atoms with van der Waals surface area (Å²) >= 11 is 0. The topological polar surface area (TPSA) is 93.2 Å². The van der Waals surface area contributed by atoms with Crippen molar-refractivity contribution in [2.45, 2.75) is 37.9 Å². The molecule has 3 atom stereocenters. The number of methoxy groups -OCH3 is 2. The minimum absolute atomic E-state index is 0.0445. The molecular formula is C24H24N2O6. The van der Waals surface area contributed by atoms with Gasteiger partial charge < -0.3 is 14.4 Å². The first-order valence-corrected chi connectivity index (χ1v) is 10.4. The second kappa shape index (κ2) is 8.45. The van der Waals surface area contributed by atoms with Crippen LogP contribution >= 0.6 is 0 Å². The molecule has 0 saturated heterocycles. The summed E-state index contributed by atoms with van der Waals surface area (Å²) in [6.07, 6.45) is 0.572. The van der Waals surface area contributed by atoms with E-state index in [2.05, 4.69) is 0 Å². The molecule has 0 bridgehead atoms. The number of para-hydroxylation sites is 1. The van der Waals surface area contributed by atoms with Gasteiger partial charge in [-0.05, 0) is 37.1 Å². The number of fused-ring (bicyclic) bond motifs is 2. The maximum atomic E-state index is 13.0. The van der Waals surface area contributed by atoms with Crippen LogP contribution in [-0.4, -0.2) is 61.0 Å². The molecule has 2 aliphatic heterocycles. The fourth-order valence-corrected chi connectivity index (χ4v) is 4.67. The first-order chi connectivity index (χ1) is 15.4. The highest BCUT2D eigenvalue weighted by atomic mass is 16.5. The maximum Gasteiger partial charge on any atom is 0.329 e. The van der Waals surface area contributed by atoms with Gasteiger partial charge in [-0.1, -0.05) is 30.3 Å². The van der Waals surface area contributed by atoms with Crippen LogP contribution in [0.5, 0.6) is 0 Å². The Kier molecular flexibility index (Phi) is 5.69. The zero-order chi connectivity index (χ0) is 23.0. The van der Waals surface area contributed by atoms with Crippen LogP contribution in [0.3, 0.4) is 0 Å². The van der Waals surface area contributed by atoms with E-state index >= 15 is 0 Å². The van der Waals surface area contributed by atoms with E-state index in [9.17, 15) is 19.2 Å². The number of imide groups is 1. The molecule has 2 heterocycles. The number of nitrogens with zero attached hydrogens (tertiary/aromatic N) is 2. The predicted molar refractivity (Wildman–Crippen MR) is 115 cm³/mol. The molecule has 2 aromatic rings. The summed E-state index contributed by atoms with van der Waals surface area (Å²) in [5.41, 5.74) is 2.38. The van der Waals surface area contributed by atoms with Gasteiger partial charge in [-0.2, -0.15) is 0 Å². The van der Waals surface area contributed by atoms with Gasteiger partial charge in [-0.15, -0.1) is 0 Å². The highest BCUT2D eigenvalue weighted by Gasteiger charge is 2.47. The summed E-state index contributed by atoms with van der Waals surface area (Å²) < 4.78 is 10.00. The summed E-state index contributed by atoms with van der Waals surface area (Å²) in [7, 11) is 2.46. The van der Waals surface area contributed by atoms with E-state index in [0.717, 1.165) is 22.6 Å². The molecule has 4 rings (SSSR count). The summed E-state index contributed by atoms with van der Waals surface area (Å²) in [6.45, 7) is 1.98. The standard InChI is InChI=1S/C24H24N2O6/c1-14-12-15-8-4-7-11-18(15)25(14)19(23(29)31-2)13-20(24(30)32-3)26-21(27)16-9-5-6-10-17(16)22(26)28/h4-11,14,19-20H,12-13H2,1-3H3/t14-,19+,20-/m0/s1. The number of rotatable bonds is 6. The average molecular weight is 436 g/mol. The molecule has 0 aliphatic carbocycles. The molecule has 166 valence electrons. The first kappa shape index (κ1) is 21.5. The molecule has 0 saturated carbocycles. The van der Waals surface area contributed by atoms with Gasteiger partial charge in [0.25, 0.3) is 11.8 Å². The lowest BCUT2D eigenvalue weighted by molar-refractivity contribution is -0.147. The molecule has 2 aliphatic rings. The molecule has 32 heavy (non-hydrogen) atoms. The van der Waals surface area contributed by atoms with E-state index in [1.54, 1.807) is 24.3 Å². The van der Waals surface area contributed by atoms with Crippen LogP contribution in [0, 0.1) is 0 Å². The number of ether oxygens (including phenoxy) is 2. The molecule has 2 amide bonds. The summed E-state index contributed by atoms with van der Waals surface area (Å²) in [5.74, 6) is -2.49. The van der Waals surface area contributed by atoms with E-state index in [0.29, 0.717) is 0 Å². The molecule has 0 N–H and O–H groups in total. The Hall–Kier alpha value is -3.68. The molecule has 2 aromatic carbocycles. The Morgan fingerprint density at radius 3 is 2.03 bits per heavy atom. The van der Waals surface area contributed by atoms with Crippen LogP contribution in [0.15, 0.2) is 48.5 Å².